The van der Waals surface area contributed by atoms with Crippen LogP contribution in [0.1, 0.15) is 46.1 Å². The van der Waals surface area contributed by atoms with Crippen LogP contribution < -0.4 is 5.73 Å². The molecule has 158 valence electrons. The summed E-state index contributed by atoms with van der Waals surface area (Å²) in [6, 6.07) is 7.80. The highest BCUT2D eigenvalue weighted by Crippen LogP contribution is 2.15. The zero-order valence-corrected chi connectivity index (χ0v) is 18.9. The highest BCUT2D eigenvalue weighted by Gasteiger charge is 2.02. The van der Waals surface area contributed by atoms with Gasteiger partial charge in [-0.3, -0.25) is 0 Å². The minimum absolute atomic E-state index is 0.0278. The lowest BCUT2D eigenvalue weighted by Gasteiger charge is -2.05. The minimum atomic E-state index is 0.0278. The van der Waals surface area contributed by atoms with Crippen LogP contribution in [0.2, 0.25) is 5.02 Å². The van der Waals surface area contributed by atoms with Gasteiger partial charge in [0.05, 0.1) is 0 Å². The highest BCUT2D eigenvalue weighted by molar-refractivity contribution is 6.30. The van der Waals surface area contributed by atoms with Gasteiger partial charge in [0.2, 0.25) is 0 Å². The van der Waals surface area contributed by atoms with E-state index in [1.165, 1.54) is 13.5 Å². The molecule has 0 aliphatic carbocycles. The quantitative estimate of drug-likeness (QED) is 0.411. The summed E-state index contributed by atoms with van der Waals surface area (Å²) in [5.74, 6) is 0.912. The molecule has 0 saturated carbocycles. The van der Waals surface area contributed by atoms with Crippen LogP contribution in [0.5, 0.6) is 0 Å². The third-order valence-electron chi connectivity index (χ3n) is 3.54. The Morgan fingerprint density at radius 1 is 1.21 bits per heavy atom. The van der Waals surface area contributed by atoms with Crippen LogP contribution in [-0.2, 0) is 16.0 Å². The van der Waals surface area contributed by atoms with Crippen LogP contribution in [0.15, 0.2) is 60.7 Å². The Balaban J connectivity index is -0.000000590. The lowest BCUT2D eigenvalue weighted by Crippen LogP contribution is -1.97. The summed E-state index contributed by atoms with van der Waals surface area (Å²) in [7, 11) is 1.50. The molecular formula is C24H38ClNO2. The van der Waals surface area contributed by atoms with Crippen LogP contribution in [0.4, 0.5) is 0 Å². The molecule has 0 aromatic heterocycles. The average Bonchev–Trinajstić information content (AvgIpc) is 2.73. The average molecular weight is 408 g/mol. The van der Waals surface area contributed by atoms with Gasteiger partial charge < -0.3 is 15.3 Å². The predicted molar refractivity (Wildman–Crippen MR) is 125 cm³/mol. The van der Waals surface area contributed by atoms with Crippen LogP contribution >= 0.6 is 11.6 Å². The van der Waals surface area contributed by atoms with E-state index in [2.05, 4.69) is 39.2 Å². The molecule has 0 fully saturated rings. The van der Waals surface area contributed by atoms with Crippen molar-refractivity contribution >= 4 is 24.7 Å². The van der Waals surface area contributed by atoms with E-state index in [9.17, 15) is 4.79 Å². The van der Waals surface area contributed by atoms with Gasteiger partial charge in [0.1, 0.15) is 13.1 Å². The van der Waals surface area contributed by atoms with Gasteiger partial charge in [-0.15, -0.1) is 0 Å². The molecule has 1 aromatic rings. The van der Waals surface area contributed by atoms with Crippen molar-refractivity contribution in [3.05, 3.63) is 71.3 Å². The van der Waals surface area contributed by atoms with Gasteiger partial charge in [0.15, 0.2) is 0 Å². The summed E-state index contributed by atoms with van der Waals surface area (Å²) in [5, 5.41) is 0.746. The molecule has 0 bridgehead atoms. The number of carbonyl (C=O) groups excluding carboxylic acids is 2. The number of aldehydes is 1. The van der Waals surface area contributed by atoms with Gasteiger partial charge in [-0.05, 0) is 43.5 Å². The number of nitrogens with two attached hydrogens (primary N) is 1. The maximum atomic E-state index is 10.7. The van der Waals surface area contributed by atoms with E-state index in [1.807, 2.05) is 50.1 Å². The van der Waals surface area contributed by atoms with Gasteiger partial charge in [-0.2, -0.15) is 0 Å². The van der Waals surface area contributed by atoms with E-state index in [-0.39, 0.29) is 5.92 Å². The van der Waals surface area contributed by atoms with Crippen LogP contribution in [0.25, 0.3) is 0 Å². The molecule has 0 aliphatic heterocycles. The lowest BCUT2D eigenvalue weighted by atomic mass is 10.00. The van der Waals surface area contributed by atoms with Crippen LogP contribution in [0, 0.1) is 11.8 Å². The fraction of sp³-hybridized carbons (Fsp3) is 0.417. The zero-order valence-electron chi connectivity index (χ0n) is 18.2. The maximum Gasteiger partial charge on any atom is 0.123 e. The second kappa shape index (κ2) is 23.1. The standard InChI is InChI=1S/C17H19ClO.C5H12.CH5N.CH2O/c1-3-4-6-15(11-14(2)13-19)9-10-16-7-5-8-17(18)12-16;1-4-5(2)3;2*1-2/h3-9,12-14H,1,10-11H2,2H3;5H,4H2,1-3H3;2H2,1H3;1H2/b6-4-,15-9+;;;. The van der Waals surface area contributed by atoms with Crippen LogP contribution in [0.3, 0.4) is 0 Å². The van der Waals surface area contributed by atoms with Gasteiger partial charge in [-0.25, -0.2) is 0 Å². The van der Waals surface area contributed by atoms with Gasteiger partial charge in [-0.1, -0.05) is 94.3 Å². The third-order valence-corrected chi connectivity index (χ3v) is 3.78. The summed E-state index contributed by atoms with van der Waals surface area (Å²) >= 11 is 5.96. The van der Waals surface area contributed by atoms with Crippen molar-refractivity contribution in [3.63, 3.8) is 0 Å². The van der Waals surface area contributed by atoms with Crippen molar-refractivity contribution < 1.29 is 9.59 Å². The van der Waals surface area contributed by atoms with E-state index in [1.54, 1.807) is 6.08 Å². The molecular weight excluding hydrogens is 370 g/mol. The molecule has 2 N–H and O–H groups in total. The Morgan fingerprint density at radius 2 is 1.79 bits per heavy atom. The lowest BCUT2D eigenvalue weighted by molar-refractivity contribution is -0.110. The molecule has 0 spiro atoms. The fourth-order valence-electron chi connectivity index (χ4n) is 1.74. The van der Waals surface area contributed by atoms with Crippen molar-refractivity contribution in [1.82, 2.24) is 0 Å². The van der Waals surface area contributed by atoms with Crippen molar-refractivity contribution in [2.24, 2.45) is 17.6 Å². The normalized spacial score (nSPS) is 11.2. The number of rotatable bonds is 8. The van der Waals surface area contributed by atoms with Gasteiger partial charge in [0.25, 0.3) is 0 Å². The number of benzene rings is 1. The molecule has 1 rings (SSSR count). The summed E-state index contributed by atoms with van der Waals surface area (Å²) in [6.45, 7) is 14.2. The Hall–Kier alpha value is -1.97. The summed E-state index contributed by atoms with van der Waals surface area (Å²) in [6.07, 6.45) is 11.6. The highest BCUT2D eigenvalue weighted by atomic mass is 35.5. The third kappa shape index (κ3) is 20.3. The summed E-state index contributed by atoms with van der Waals surface area (Å²) < 4.78 is 0. The number of hydrogen-bond acceptors (Lipinski definition) is 3. The summed E-state index contributed by atoms with van der Waals surface area (Å²) in [4.78, 5) is 18.7. The summed E-state index contributed by atoms with van der Waals surface area (Å²) in [5.41, 5.74) is 6.80. The monoisotopic (exact) mass is 407 g/mol. The molecule has 1 unspecified atom stereocenters. The first-order valence-electron chi connectivity index (χ1n) is 9.47. The molecule has 0 saturated heterocycles. The molecule has 4 heteroatoms. The van der Waals surface area contributed by atoms with Gasteiger partial charge >= 0.3 is 0 Å². The Labute approximate surface area is 177 Å². The molecule has 1 atom stereocenters. The van der Waals surface area contributed by atoms with Crippen molar-refractivity contribution in [3.8, 4) is 0 Å². The number of halogens is 1. The van der Waals surface area contributed by atoms with E-state index in [0.717, 1.165) is 41.2 Å². The van der Waals surface area contributed by atoms with Gasteiger partial charge in [0, 0.05) is 10.9 Å². The number of allylic oxidation sites excluding steroid dienone is 5. The Morgan fingerprint density at radius 3 is 2.21 bits per heavy atom. The topological polar surface area (TPSA) is 60.2 Å². The smallest absolute Gasteiger partial charge is 0.123 e. The minimum Gasteiger partial charge on any atom is -0.333 e. The first-order valence-corrected chi connectivity index (χ1v) is 9.85. The molecule has 1 aromatic carbocycles. The molecule has 3 nitrogen and oxygen atoms in total. The predicted octanol–water partition coefficient (Wildman–Crippen LogP) is 6.22. The maximum absolute atomic E-state index is 10.7. The van der Waals surface area contributed by atoms with E-state index in [0.29, 0.717) is 0 Å². The number of hydrogen-bond donors (Lipinski definition) is 1. The van der Waals surface area contributed by atoms with E-state index >= 15 is 0 Å². The molecule has 0 aliphatic rings. The Bertz CT molecular complexity index is 565. The van der Waals surface area contributed by atoms with E-state index in [4.69, 9.17) is 16.4 Å². The van der Waals surface area contributed by atoms with Crippen molar-refractivity contribution in [1.29, 1.82) is 0 Å². The molecule has 0 amide bonds. The Kier molecular flexibility index (Phi) is 25.3. The van der Waals surface area contributed by atoms with E-state index < -0.39 is 0 Å². The van der Waals surface area contributed by atoms with Crippen molar-refractivity contribution in [2.75, 3.05) is 7.05 Å². The van der Waals surface area contributed by atoms with Crippen molar-refractivity contribution in [2.45, 2.75) is 47.0 Å². The molecule has 0 heterocycles. The first kappa shape index (κ1) is 30.7. The SMILES string of the molecule is C=C/C=C\C(=C/Cc1cccc(Cl)c1)CC(C)C=O.C=O.CCC(C)C.CN. The van der Waals surface area contributed by atoms with Crippen LogP contribution in [-0.4, -0.2) is 20.1 Å². The second-order valence-corrected chi connectivity index (χ2v) is 6.76. The largest absolute Gasteiger partial charge is 0.333 e. The fourth-order valence-corrected chi connectivity index (χ4v) is 1.96. The first-order chi connectivity index (χ1) is 13.4. The number of carbonyl (C=O) groups is 2. The molecule has 0 radical (unpaired) electrons. The molecule has 28 heavy (non-hydrogen) atoms. The zero-order chi connectivity index (χ0) is 22.4. The second-order valence-electron chi connectivity index (χ2n) is 6.33.